The van der Waals surface area contributed by atoms with E-state index < -0.39 is 11.6 Å². The van der Waals surface area contributed by atoms with Gasteiger partial charge >= 0.3 is 0 Å². The van der Waals surface area contributed by atoms with Gasteiger partial charge in [0.05, 0.1) is 7.11 Å². The van der Waals surface area contributed by atoms with E-state index in [0.717, 1.165) is 0 Å². The molecule has 2 N–H and O–H groups in total. The second-order valence-electron chi connectivity index (χ2n) is 4.51. The first-order chi connectivity index (χ1) is 10.2. The van der Waals surface area contributed by atoms with Crippen LogP contribution in [0.2, 0.25) is 0 Å². The predicted octanol–water partition coefficient (Wildman–Crippen LogP) is 3.05. The maximum Gasteiger partial charge on any atom is 0.165 e. The lowest BCUT2D eigenvalue weighted by atomic mass is 10.1. The summed E-state index contributed by atoms with van der Waals surface area (Å²) in [6.45, 7) is 0.324. The first kappa shape index (κ1) is 15.3. The largest absolute Gasteiger partial charge is 0.497 e. The van der Waals surface area contributed by atoms with Crippen molar-refractivity contribution in [1.29, 1.82) is 0 Å². The van der Waals surface area contributed by atoms with Gasteiger partial charge in [0, 0.05) is 11.6 Å². The average molecular weight is 293 g/mol. The van der Waals surface area contributed by atoms with Gasteiger partial charge < -0.3 is 15.2 Å². The van der Waals surface area contributed by atoms with Crippen LogP contribution in [0.4, 0.5) is 8.78 Å². The van der Waals surface area contributed by atoms with E-state index in [9.17, 15) is 8.78 Å². The highest BCUT2D eigenvalue weighted by Gasteiger charge is 2.11. The van der Waals surface area contributed by atoms with Gasteiger partial charge in [-0.2, -0.15) is 0 Å². The Balaban J connectivity index is 2.16. The molecule has 0 saturated heterocycles. The lowest BCUT2D eigenvalue weighted by Gasteiger charge is -2.12. The second-order valence-corrected chi connectivity index (χ2v) is 4.51. The van der Waals surface area contributed by atoms with Gasteiger partial charge in [0.1, 0.15) is 18.2 Å². The van der Waals surface area contributed by atoms with E-state index in [2.05, 4.69) is 0 Å². The summed E-state index contributed by atoms with van der Waals surface area (Å²) in [5.41, 5.74) is 6.49. The van der Waals surface area contributed by atoms with Gasteiger partial charge in [-0.3, -0.25) is 0 Å². The number of nitrogens with two attached hydrogens (primary N) is 1. The zero-order chi connectivity index (χ0) is 15.2. The van der Waals surface area contributed by atoms with E-state index >= 15 is 0 Å². The number of halogens is 2. The molecule has 2 aromatic rings. The Hall–Kier alpha value is -2.14. The van der Waals surface area contributed by atoms with Crippen LogP contribution in [0, 0.1) is 11.6 Å². The Morgan fingerprint density at radius 1 is 1.05 bits per heavy atom. The monoisotopic (exact) mass is 293 g/mol. The molecule has 112 valence electrons. The maximum atomic E-state index is 13.8. The minimum Gasteiger partial charge on any atom is -0.497 e. The smallest absolute Gasteiger partial charge is 0.165 e. The van der Waals surface area contributed by atoms with E-state index in [0.29, 0.717) is 29.8 Å². The number of para-hydroxylation sites is 1. The molecule has 0 bridgehead atoms. The van der Waals surface area contributed by atoms with E-state index in [1.165, 1.54) is 19.2 Å². The molecule has 0 atom stereocenters. The Morgan fingerprint density at radius 2 is 1.86 bits per heavy atom. The molecular weight excluding hydrogens is 276 g/mol. The normalized spacial score (nSPS) is 10.5. The molecule has 0 aliphatic heterocycles. The van der Waals surface area contributed by atoms with Gasteiger partial charge in [0.2, 0.25) is 0 Å². The maximum absolute atomic E-state index is 13.8. The van der Waals surface area contributed by atoms with Gasteiger partial charge in [-0.05, 0) is 36.7 Å². The summed E-state index contributed by atoms with van der Waals surface area (Å²) in [6, 6.07) is 9.10. The fourth-order valence-corrected chi connectivity index (χ4v) is 1.99. The SMILES string of the molecule is COc1ccc(COc2c(F)cccc2CCN)c(F)c1. The van der Waals surface area contributed by atoms with Gasteiger partial charge in [0.15, 0.2) is 11.6 Å². The van der Waals surface area contributed by atoms with Crippen molar-refractivity contribution in [3.63, 3.8) is 0 Å². The zero-order valence-corrected chi connectivity index (χ0v) is 11.7. The van der Waals surface area contributed by atoms with Crippen molar-refractivity contribution in [1.82, 2.24) is 0 Å². The number of hydrogen-bond donors (Lipinski definition) is 1. The molecule has 0 radical (unpaired) electrons. The van der Waals surface area contributed by atoms with Crippen LogP contribution in [0.1, 0.15) is 11.1 Å². The minimum atomic E-state index is -0.477. The zero-order valence-electron chi connectivity index (χ0n) is 11.7. The third-order valence-electron chi connectivity index (χ3n) is 3.09. The molecule has 0 spiro atoms. The van der Waals surface area contributed by atoms with Gasteiger partial charge in [0.25, 0.3) is 0 Å². The van der Waals surface area contributed by atoms with Crippen molar-refractivity contribution < 1.29 is 18.3 Å². The molecule has 0 saturated carbocycles. The van der Waals surface area contributed by atoms with Crippen LogP contribution in [0.15, 0.2) is 36.4 Å². The summed E-state index contributed by atoms with van der Waals surface area (Å²) in [4.78, 5) is 0. The first-order valence-electron chi connectivity index (χ1n) is 6.58. The predicted molar refractivity (Wildman–Crippen MR) is 76.4 cm³/mol. The molecule has 0 aliphatic rings. The highest BCUT2D eigenvalue weighted by molar-refractivity contribution is 5.36. The summed E-state index contributed by atoms with van der Waals surface area (Å²) < 4.78 is 38.0. The highest BCUT2D eigenvalue weighted by Crippen LogP contribution is 2.25. The summed E-state index contributed by atoms with van der Waals surface area (Å²) >= 11 is 0. The minimum absolute atomic E-state index is 0.0612. The molecular formula is C16H17F2NO2. The fraction of sp³-hybridized carbons (Fsp3) is 0.250. The van der Waals surface area contributed by atoms with E-state index in [4.69, 9.17) is 15.2 Å². The fourth-order valence-electron chi connectivity index (χ4n) is 1.99. The first-order valence-corrected chi connectivity index (χ1v) is 6.58. The Kier molecular flexibility index (Phi) is 5.11. The van der Waals surface area contributed by atoms with Crippen molar-refractivity contribution in [2.24, 2.45) is 5.73 Å². The van der Waals surface area contributed by atoms with Gasteiger partial charge in [-0.15, -0.1) is 0 Å². The molecule has 5 heteroatoms. The van der Waals surface area contributed by atoms with Crippen LogP contribution in [0.3, 0.4) is 0 Å². The lowest BCUT2D eigenvalue weighted by Crippen LogP contribution is -2.07. The number of ether oxygens (including phenoxy) is 2. The van der Waals surface area contributed by atoms with Crippen molar-refractivity contribution in [2.75, 3.05) is 13.7 Å². The molecule has 0 aromatic heterocycles. The summed E-state index contributed by atoms with van der Waals surface area (Å²) in [7, 11) is 1.46. The van der Waals surface area contributed by atoms with Crippen LogP contribution >= 0.6 is 0 Å². The van der Waals surface area contributed by atoms with Crippen LogP contribution in [0.5, 0.6) is 11.5 Å². The summed E-state index contributed by atoms with van der Waals surface area (Å²) in [6.07, 6.45) is 0.498. The number of rotatable bonds is 6. The molecule has 0 heterocycles. The van der Waals surface area contributed by atoms with E-state index in [1.54, 1.807) is 24.3 Å². The van der Waals surface area contributed by atoms with Crippen LogP contribution in [0.25, 0.3) is 0 Å². The molecule has 2 aromatic carbocycles. The van der Waals surface area contributed by atoms with Crippen molar-refractivity contribution in [2.45, 2.75) is 13.0 Å². The third-order valence-corrected chi connectivity index (χ3v) is 3.09. The van der Waals surface area contributed by atoms with Crippen LogP contribution in [-0.4, -0.2) is 13.7 Å². The lowest BCUT2D eigenvalue weighted by molar-refractivity contribution is 0.281. The van der Waals surface area contributed by atoms with Crippen molar-refractivity contribution >= 4 is 0 Å². The molecule has 0 fully saturated rings. The van der Waals surface area contributed by atoms with Gasteiger partial charge in [-0.1, -0.05) is 12.1 Å². The Bertz CT molecular complexity index is 617. The van der Waals surface area contributed by atoms with Crippen molar-refractivity contribution in [3.05, 3.63) is 59.2 Å². The Labute approximate surface area is 122 Å². The molecule has 21 heavy (non-hydrogen) atoms. The standard InChI is InChI=1S/C16H17F2NO2/c1-20-13-6-5-12(15(18)9-13)10-21-16-11(7-8-19)3-2-4-14(16)17/h2-6,9H,7-8,10,19H2,1H3. The van der Waals surface area contributed by atoms with Crippen LogP contribution < -0.4 is 15.2 Å². The second kappa shape index (κ2) is 7.04. The molecule has 0 amide bonds. The quantitative estimate of drug-likeness (QED) is 0.890. The Morgan fingerprint density at radius 3 is 2.52 bits per heavy atom. The average Bonchev–Trinajstić information content (AvgIpc) is 2.48. The summed E-state index contributed by atoms with van der Waals surface area (Å²) in [5.74, 6) is -0.384. The van der Waals surface area contributed by atoms with E-state index in [1.807, 2.05) is 0 Å². The summed E-state index contributed by atoms with van der Waals surface area (Å²) in [5, 5.41) is 0. The third kappa shape index (κ3) is 3.70. The highest BCUT2D eigenvalue weighted by atomic mass is 19.1. The molecule has 2 rings (SSSR count). The van der Waals surface area contributed by atoms with E-state index in [-0.39, 0.29) is 12.4 Å². The topological polar surface area (TPSA) is 44.5 Å². The molecule has 0 aliphatic carbocycles. The van der Waals surface area contributed by atoms with Crippen LogP contribution in [-0.2, 0) is 13.0 Å². The number of methoxy groups -OCH3 is 1. The molecule has 0 unspecified atom stereocenters. The molecule has 3 nitrogen and oxygen atoms in total. The van der Waals surface area contributed by atoms with Gasteiger partial charge in [-0.25, -0.2) is 8.78 Å². The number of benzene rings is 2. The number of hydrogen-bond acceptors (Lipinski definition) is 3. The van der Waals surface area contributed by atoms with Crippen molar-refractivity contribution in [3.8, 4) is 11.5 Å².